The lowest BCUT2D eigenvalue weighted by molar-refractivity contribution is -0.138. The van der Waals surface area contributed by atoms with Crippen molar-refractivity contribution < 1.29 is 28.2 Å². The third-order valence-electron chi connectivity index (χ3n) is 7.94. The molecule has 0 saturated carbocycles. The van der Waals surface area contributed by atoms with Crippen molar-refractivity contribution in [3.05, 3.63) is 92.1 Å². The van der Waals surface area contributed by atoms with Crippen molar-refractivity contribution in [2.75, 3.05) is 31.8 Å². The minimum atomic E-state index is -0.910. The second kappa shape index (κ2) is 13.1. The summed E-state index contributed by atoms with van der Waals surface area (Å²) in [5, 5.41) is 3.76. The number of nitrogens with one attached hydrogen (secondary N) is 1. The number of ether oxygens (including phenoxy) is 3. The van der Waals surface area contributed by atoms with E-state index in [9.17, 15) is 14.4 Å². The first kappa shape index (κ1) is 30.5. The Morgan fingerprint density at radius 2 is 1.88 bits per heavy atom. The molecule has 1 aliphatic heterocycles. The van der Waals surface area contributed by atoms with Gasteiger partial charge in [-0.15, -0.1) is 0 Å². The standard InChI is InChI=1S/C34H37NO7S/c1-6-40-28-11-9-21(17-29(28)39-5)22-15-25-32(26(36)16-22)31(30(20(4)35-25)34(38)41-12-13-43-7-2)24-18-42-27-10-8-19(3)14-23(27)33(24)37/h8-11,14,17-18,22,31,35H,6-7,12-13,15-16H2,1-5H3/t22-,31-/m1/s1. The number of rotatable bonds is 10. The Kier molecular flexibility index (Phi) is 9.30. The van der Waals surface area contributed by atoms with Gasteiger partial charge in [-0.2, -0.15) is 11.8 Å². The second-order valence-electron chi connectivity index (χ2n) is 10.7. The fourth-order valence-electron chi connectivity index (χ4n) is 5.94. The van der Waals surface area contributed by atoms with Crippen molar-refractivity contribution in [3.63, 3.8) is 0 Å². The molecule has 0 radical (unpaired) electrons. The van der Waals surface area contributed by atoms with Crippen LogP contribution in [-0.2, 0) is 14.3 Å². The predicted octanol–water partition coefficient (Wildman–Crippen LogP) is 6.17. The summed E-state index contributed by atoms with van der Waals surface area (Å²) in [4.78, 5) is 41.6. The third-order valence-corrected chi connectivity index (χ3v) is 8.80. The lowest BCUT2D eigenvalue weighted by Crippen LogP contribution is -2.37. The molecule has 0 saturated heterocycles. The number of hydrogen-bond donors (Lipinski definition) is 1. The molecule has 0 unspecified atom stereocenters. The molecule has 0 fully saturated rings. The van der Waals surface area contributed by atoms with Crippen LogP contribution in [0.2, 0.25) is 0 Å². The Bertz CT molecular complexity index is 1690. The fraction of sp³-hybridized carbons (Fsp3) is 0.382. The SMILES string of the molecule is CCOc1ccc([C@H]2CC(=O)C3=C(C2)NC(C)=C(C(=O)OCCSCC)[C@H]3c2coc3ccc(C)cc3c2=O)cc1OC. The van der Waals surface area contributed by atoms with E-state index in [1.165, 1.54) is 6.26 Å². The summed E-state index contributed by atoms with van der Waals surface area (Å²) in [6, 6.07) is 11.1. The highest BCUT2D eigenvalue weighted by Crippen LogP contribution is 2.46. The largest absolute Gasteiger partial charge is 0.493 e. The van der Waals surface area contributed by atoms with Gasteiger partial charge in [0, 0.05) is 34.7 Å². The summed E-state index contributed by atoms with van der Waals surface area (Å²) in [7, 11) is 1.59. The molecule has 43 heavy (non-hydrogen) atoms. The molecular weight excluding hydrogens is 566 g/mol. The molecular formula is C34H37NO7S. The van der Waals surface area contributed by atoms with E-state index >= 15 is 0 Å². The highest BCUT2D eigenvalue weighted by atomic mass is 32.2. The number of methoxy groups -OCH3 is 1. The smallest absolute Gasteiger partial charge is 0.336 e. The van der Waals surface area contributed by atoms with Gasteiger partial charge in [0.1, 0.15) is 12.2 Å². The number of esters is 1. The molecule has 1 aliphatic carbocycles. The molecule has 9 heteroatoms. The summed E-state index contributed by atoms with van der Waals surface area (Å²) in [5.41, 5.74) is 4.19. The monoisotopic (exact) mass is 603 g/mol. The summed E-state index contributed by atoms with van der Waals surface area (Å²) in [5.74, 6) is 1.08. The van der Waals surface area contributed by atoms with Crippen LogP contribution in [0.25, 0.3) is 11.0 Å². The number of ketones is 1. The van der Waals surface area contributed by atoms with E-state index in [0.29, 0.717) is 58.2 Å². The average Bonchev–Trinajstić information content (AvgIpc) is 2.99. The molecule has 5 rings (SSSR count). The number of thioether (sulfide) groups is 1. The van der Waals surface area contributed by atoms with E-state index in [-0.39, 0.29) is 41.3 Å². The Labute approximate surface area is 255 Å². The average molecular weight is 604 g/mol. The Balaban J connectivity index is 1.59. The molecule has 3 aromatic rings. The summed E-state index contributed by atoms with van der Waals surface area (Å²) < 4.78 is 22.8. The van der Waals surface area contributed by atoms with Crippen molar-refractivity contribution >= 4 is 34.5 Å². The van der Waals surface area contributed by atoms with Crippen LogP contribution in [0.3, 0.4) is 0 Å². The van der Waals surface area contributed by atoms with Gasteiger partial charge in [-0.1, -0.05) is 24.6 Å². The molecule has 8 nitrogen and oxygen atoms in total. The number of fused-ring (bicyclic) bond motifs is 1. The molecule has 1 N–H and O–H groups in total. The first-order valence-corrected chi connectivity index (χ1v) is 15.7. The lowest BCUT2D eigenvalue weighted by Gasteiger charge is -2.36. The van der Waals surface area contributed by atoms with E-state index in [2.05, 4.69) is 5.32 Å². The maximum atomic E-state index is 14.1. The fourth-order valence-corrected chi connectivity index (χ4v) is 6.43. The number of hydrogen-bond acceptors (Lipinski definition) is 9. The zero-order valence-corrected chi connectivity index (χ0v) is 26.0. The number of allylic oxidation sites excluding steroid dienone is 3. The van der Waals surface area contributed by atoms with Gasteiger partial charge >= 0.3 is 5.97 Å². The van der Waals surface area contributed by atoms with Gasteiger partial charge in [-0.25, -0.2) is 4.79 Å². The van der Waals surface area contributed by atoms with Gasteiger partial charge in [-0.05, 0) is 68.7 Å². The number of aryl methyl sites for hydroxylation is 1. The molecule has 1 aromatic heterocycles. The van der Waals surface area contributed by atoms with Gasteiger partial charge in [0.05, 0.1) is 36.9 Å². The molecule has 0 spiro atoms. The number of carbonyl (C=O) groups excluding carboxylic acids is 2. The van der Waals surface area contributed by atoms with Crippen molar-refractivity contribution in [2.45, 2.75) is 52.4 Å². The van der Waals surface area contributed by atoms with E-state index < -0.39 is 11.9 Å². The predicted molar refractivity (Wildman–Crippen MR) is 168 cm³/mol. The Morgan fingerprint density at radius 1 is 1.07 bits per heavy atom. The van der Waals surface area contributed by atoms with Crippen LogP contribution in [0.15, 0.2) is 74.4 Å². The molecule has 2 heterocycles. The van der Waals surface area contributed by atoms with Crippen molar-refractivity contribution in [1.29, 1.82) is 0 Å². The molecule has 2 aromatic carbocycles. The van der Waals surface area contributed by atoms with Gasteiger partial charge in [0.15, 0.2) is 22.7 Å². The highest BCUT2D eigenvalue weighted by molar-refractivity contribution is 7.99. The molecule has 2 aliphatic rings. The summed E-state index contributed by atoms with van der Waals surface area (Å²) in [6.07, 6.45) is 2.12. The number of Topliss-reactive ketones (excluding diaryl/α,β-unsaturated/α-hetero) is 1. The van der Waals surface area contributed by atoms with E-state index in [0.717, 1.165) is 16.9 Å². The maximum absolute atomic E-state index is 14.1. The molecule has 2 atom stereocenters. The van der Waals surface area contributed by atoms with E-state index in [4.69, 9.17) is 18.6 Å². The van der Waals surface area contributed by atoms with Crippen LogP contribution < -0.4 is 20.2 Å². The minimum Gasteiger partial charge on any atom is -0.493 e. The highest BCUT2D eigenvalue weighted by Gasteiger charge is 2.43. The van der Waals surface area contributed by atoms with Gasteiger partial charge < -0.3 is 23.9 Å². The van der Waals surface area contributed by atoms with E-state index in [1.54, 1.807) is 37.9 Å². The zero-order valence-electron chi connectivity index (χ0n) is 25.2. The van der Waals surface area contributed by atoms with Gasteiger partial charge in [0.25, 0.3) is 0 Å². The zero-order chi connectivity index (χ0) is 30.7. The van der Waals surface area contributed by atoms with Gasteiger partial charge in [-0.3, -0.25) is 9.59 Å². The van der Waals surface area contributed by atoms with Crippen LogP contribution in [0, 0.1) is 6.92 Å². The number of dihydropyridines is 1. The summed E-state index contributed by atoms with van der Waals surface area (Å²) >= 11 is 1.67. The minimum absolute atomic E-state index is 0.132. The first-order valence-electron chi connectivity index (χ1n) is 14.6. The molecule has 226 valence electrons. The lowest BCUT2D eigenvalue weighted by atomic mass is 9.72. The van der Waals surface area contributed by atoms with Crippen LogP contribution in [0.1, 0.15) is 62.1 Å². The van der Waals surface area contributed by atoms with E-state index in [1.807, 2.05) is 45.0 Å². The van der Waals surface area contributed by atoms with Crippen LogP contribution in [-0.4, -0.2) is 43.6 Å². The van der Waals surface area contributed by atoms with Crippen molar-refractivity contribution in [2.24, 2.45) is 0 Å². The first-order chi connectivity index (χ1) is 20.8. The molecule has 0 amide bonds. The topological polar surface area (TPSA) is 104 Å². The van der Waals surface area contributed by atoms with Crippen molar-refractivity contribution in [3.8, 4) is 11.5 Å². The second-order valence-corrected chi connectivity index (χ2v) is 12.1. The maximum Gasteiger partial charge on any atom is 0.336 e. The molecule has 0 bridgehead atoms. The Morgan fingerprint density at radius 3 is 2.63 bits per heavy atom. The van der Waals surface area contributed by atoms with Crippen LogP contribution in [0.5, 0.6) is 11.5 Å². The number of benzene rings is 2. The Hall–Kier alpha value is -3.98. The normalized spacial score (nSPS) is 18.4. The van der Waals surface area contributed by atoms with Crippen LogP contribution >= 0.6 is 11.8 Å². The third kappa shape index (κ3) is 6.09. The summed E-state index contributed by atoms with van der Waals surface area (Å²) in [6.45, 7) is 8.38. The number of carbonyl (C=O) groups is 2. The van der Waals surface area contributed by atoms with Crippen LogP contribution in [0.4, 0.5) is 0 Å². The van der Waals surface area contributed by atoms with Crippen molar-refractivity contribution in [1.82, 2.24) is 5.32 Å². The quantitative estimate of drug-likeness (QED) is 0.215. The van der Waals surface area contributed by atoms with Gasteiger partial charge in [0.2, 0.25) is 0 Å².